The van der Waals surface area contributed by atoms with Crippen LogP contribution in [0.3, 0.4) is 0 Å². The highest BCUT2D eigenvalue weighted by Gasteiger charge is 2.21. The monoisotopic (exact) mass is 266 g/mol. The van der Waals surface area contributed by atoms with Crippen LogP contribution in [0.5, 0.6) is 5.75 Å². The van der Waals surface area contributed by atoms with E-state index >= 15 is 0 Å². The van der Waals surface area contributed by atoms with E-state index in [1.165, 1.54) is 0 Å². The van der Waals surface area contributed by atoms with E-state index in [0.717, 1.165) is 0 Å². The number of likely N-dealkylation sites (N-methyl/N-ethyl adjacent to an activating group) is 1. The van der Waals surface area contributed by atoms with E-state index < -0.39 is 0 Å². The van der Waals surface area contributed by atoms with Crippen LogP contribution in [0.1, 0.15) is 24.2 Å². The predicted molar refractivity (Wildman–Crippen MR) is 75.5 cm³/mol. The molecule has 0 spiro atoms. The van der Waals surface area contributed by atoms with Gasteiger partial charge in [0.05, 0.1) is 13.2 Å². The Morgan fingerprint density at radius 2 is 2.11 bits per heavy atom. The highest BCUT2D eigenvalue weighted by atomic mass is 16.5. The third kappa shape index (κ3) is 3.86. The first kappa shape index (κ1) is 15.3. The lowest BCUT2D eigenvalue weighted by molar-refractivity contribution is 0.0703. The van der Waals surface area contributed by atoms with Crippen LogP contribution in [0, 0.1) is 0 Å². The van der Waals surface area contributed by atoms with Gasteiger partial charge >= 0.3 is 0 Å². The Kier molecular flexibility index (Phi) is 6.15. The number of ether oxygens (including phenoxy) is 2. The minimum atomic E-state index is -0.124. The van der Waals surface area contributed by atoms with Gasteiger partial charge in [0.2, 0.25) is 0 Å². The van der Waals surface area contributed by atoms with E-state index in [-0.39, 0.29) is 5.91 Å². The Hall–Kier alpha value is -1.75. The van der Waals surface area contributed by atoms with Crippen LogP contribution in [0.4, 0.5) is 5.69 Å². The largest absolute Gasteiger partial charge is 0.493 e. The van der Waals surface area contributed by atoms with Crippen molar-refractivity contribution in [3.8, 4) is 5.75 Å². The molecule has 5 heteroatoms. The third-order valence-electron chi connectivity index (χ3n) is 2.81. The van der Waals surface area contributed by atoms with Gasteiger partial charge in [0.15, 0.2) is 0 Å². The van der Waals surface area contributed by atoms with Gasteiger partial charge < -0.3 is 20.1 Å². The van der Waals surface area contributed by atoms with Crippen LogP contribution in [-0.4, -0.2) is 44.2 Å². The number of methoxy groups -OCH3 is 1. The first-order valence-electron chi connectivity index (χ1n) is 6.45. The Balaban J connectivity index is 3.02. The number of nitrogen functional groups attached to an aromatic ring is 1. The zero-order valence-corrected chi connectivity index (χ0v) is 11.8. The summed E-state index contributed by atoms with van der Waals surface area (Å²) in [6.07, 6.45) is 0. The van der Waals surface area contributed by atoms with Gasteiger partial charge in [-0.1, -0.05) is 6.07 Å². The van der Waals surface area contributed by atoms with Crippen molar-refractivity contribution in [1.29, 1.82) is 0 Å². The molecule has 1 amide bonds. The molecule has 0 radical (unpaired) electrons. The van der Waals surface area contributed by atoms with Crippen molar-refractivity contribution in [1.82, 2.24) is 4.90 Å². The molecule has 0 bridgehead atoms. The molecular formula is C14H22N2O3. The average molecular weight is 266 g/mol. The number of amides is 1. The molecule has 19 heavy (non-hydrogen) atoms. The fourth-order valence-electron chi connectivity index (χ4n) is 1.82. The summed E-state index contributed by atoms with van der Waals surface area (Å²) in [5.74, 6) is 0.407. The van der Waals surface area contributed by atoms with Gasteiger partial charge in [0.1, 0.15) is 11.3 Å². The van der Waals surface area contributed by atoms with Crippen molar-refractivity contribution in [2.45, 2.75) is 13.8 Å². The fraction of sp³-hybridized carbons (Fsp3) is 0.500. The molecule has 0 heterocycles. The zero-order chi connectivity index (χ0) is 14.3. The first-order chi connectivity index (χ1) is 9.15. The van der Waals surface area contributed by atoms with E-state index in [1.54, 1.807) is 30.2 Å². The molecule has 0 aromatic heterocycles. The van der Waals surface area contributed by atoms with E-state index in [9.17, 15) is 4.79 Å². The number of carbonyl (C=O) groups excluding carboxylic acids is 1. The topological polar surface area (TPSA) is 64.8 Å². The molecular weight excluding hydrogens is 244 g/mol. The van der Waals surface area contributed by atoms with Crippen LogP contribution in [0.25, 0.3) is 0 Å². The lowest BCUT2D eigenvalue weighted by Gasteiger charge is -2.22. The smallest absolute Gasteiger partial charge is 0.259 e. The van der Waals surface area contributed by atoms with E-state index in [0.29, 0.717) is 43.3 Å². The Morgan fingerprint density at radius 3 is 2.68 bits per heavy atom. The molecule has 0 unspecified atom stereocenters. The highest BCUT2D eigenvalue weighted by Crippen LogP contribution is 2.26. The summed E-state index contributed by atoms with van der Waals surface area (Å²) in [5, 5.41) is 0. The minimum absolute atomic E-state index is 0.124. The Bertz CT molecular complexity index is 421. The summed E-state index contributed by atoms with van der Waals surface area (Å²) in [5.41, 5.74) is 6.78. The quantitative estimate of drug-likeness (QED) is 0.764. The number of carbonyl (C=O) groups is 1. The number of nitrogens with zero attached hydrogens (tertiary/aromatic N) is 1. The van der Waals surface area contributed by atoms with Gasteiger partial charge in [0.25, 0.3) is 5.91 Å². The van der Waals surface area contributed by atoms with Gasteiger partial charge in [-0.25, -0.2) is 0 Å². The van der Waals surface area contributed by atoms with Gasteiger partial charge in [-0.15, -0.1) is 0 Å². The number of nitrogens with two attached hydrogens (primary N) is 1. The minimum Gasteiger partial charge on any atom is -0.493 e. The maximum Gasteiger partial charge on any atom is 0.259 e. The Morgan fingerprint density at radius 1 is 1.37 bits per heavy atom. The molecule has 0 aliphatic heterocycles. The number of anilines is 1. The Labute approximate surface area is 114 Å². The number of hydrogen-bond acceptors (Lipinski definition) is 4. The molecule has 1 aromatic rings. The average Bonchev–Trinajstić information content (AvgIpc) is 2.40. The summed E-state index contributed by atoms with van der Waals surface area (Å²) in [4.78, 5) is 14.2. The molecule has 0 aliphatic rings. The SMILES string of the molecule is CCOc1cccc(N)c1C(=O)N(CC)CCOC. The van der Waals surface area contributed by atoms with Crippen molar-refractivity contribution in [3.63, 3.8) is 0 Å². The number of rotatable bonds is 7. The van der Waals surface area contributed by atoms with E-state index in [1.807, 2.05) is 13.8 Å². The van der Waals surface area contributed by atoms with Crippen molar-refractivity contribution in [3.05, 3.63) is 23.8 Å². The fourth-order valence-corrected chi connectivity index (χ4v) is 1.82. The lowest BCUT2D eigenvalue weighted by Crippen LogP contribution is -2.34. The van der Waals surface area contributed by atoms with Crippen molar-refractivity contribution >= 4 is 11.6 Å². The first-order valence-corrected chi connectivity index (χ1v) is 6.45. The van der Waals surface area contributed by atoms with Crippen LogP contribution < -0.4 is 10.5 Å². The maximum atomic E-state index is 12.5. The van der Waals surface area contributed by atoms with E-state index in [2.05, 4.69) is 0 Å². The van der Waals surface area contributed by atoms with Crippen LogP contribution in [-0.2, 0) is 4.74 Å². The molecule has 0 fully saturated rings. The summed E-state index contributed by atoms with van der Waals surface area (Å²) in [7, 11) is 1.61. The summed E-state index contributed by atoms with van der Waals surface area (Å²) in [6, 6.07) is 5.25. The predicted octanol–water partition coefficient (Wildman–Crippen LogP) is 1.78. The molecule has 2 N–H and O–H groups in total. The van der Waals surface area contributed by atoms with Gasteiger partial charge in [0, 0.05) is 25.9 Å². The zero-order valence-electron chi connectivity index (χ0n) is 11.8. The molecule has 0 saturated carbocycles. The van der Waals surface area contributed by atoms with Gasteiger partial charge in [-0.05, 0) is 26.0 Å². The summed E-state index contributed by atoms with van der Waals surface area (Å²) in [6.45, 7) is 5.92. The second-order valence-corrected chi connectivity index (χ2v) is 4.03. The molecule has 5 nitrogen and oxygen atoms in total. The van der Waals surface area contributed by atoms with Crippen LogP contribution in [0.2, 0.25) is 0 Å². The second-order valence-electron chi connectivity index (χ2n) is 4.03. The molecule has 0 aliphatic carbocycles. The second kappa shape index (κ2) is 7.63. The molecule has 1 aromatic carbocycles. The molecule has 106 valence electrons. The van der Waals surface area contributed by atoms with Crippen LogP contribution >= 0.6 is 0 Å². The number of benzene rings is 1. The summed E-state index contributed by atoms with van der Waals surface area (Å²) >= 11 is 0. The molecule has 0 atom stereocenters. The molecule has 0 saturated heterocycles. The van der Waals surface area contributed by atoms with Crippen molar-refractivity contribution in [2.24, 2.45) is 0 Å². The van der Waals surface area contributed by atoms with Crippen LogP contribution in [0.15, 0.2) is 18.2 Å². The number of hydrogen-bond donors (Lipinski definition) is 1. The van der Waals surface area contributed by atoms with Crippen molar-refractivity contribution in [2.75, 3.05) is 39.1 Å². The van der Waals surface area contributed by atoms with Gasteiger partial charge in [-0.3, -0.25) is 4.79 Å². The highest BCUT2D eigenvalue weighted by molar-refractivity contribution is 6.01. The standard InChI is InChI=1S/C14H22N2O3/c1-4-16(9-10-18-3)14(17)13-11(15)7-6-8-12(13)19-5-2/h6-8H,4-5,9-10,15H2,1-3H3. The third-order valence-corrected chi connectivity index (χ3v) is 2.81. The maximum absolute atomic E-state index is 12.5. The lowest BCUT2D eigenvalue weighted by atomic mass is 10.1. The van der Waals surface area contributed by atoms with Crippen molar-refractivity contribution < 1.29 is 14.3 Å². The van der Waals surface area contributed by atoms with E-state index in [4.69, 9.17) is 15.2 Å². The normalized spacial score (nSPS) is 10.3. The molecule has 1 rings (SSSR count). The summed E-state index contributed by atoms with van der Waals surface area (Å²) < 4.78 is 10.5. The van der Waals surface area contributed by atoms with Gasteiger partial charge in [-0.2, -0.15) is 0 Å².